The Balaban J connectivity index is 1.93. The van der Waals surface area contributed by atoms with Gasteiger partial charge in [0.1, 0.15) is 0 Å². The van der Waals surface area contributed by atoms with E-state index in [0.29, 0.717) is 21.8 Å². The molecule has 0 saturated carbocycles. The molecule has 0 bridgehead atoms. The van der Waals surface area contributed by atoms with E-state index >= 15 is 0 Å². The van der Waals surface area contributed by atoms with Gasteiger partial charge >= 0.3 is 0 Å². The zero-order chi connectivity index (χ0) is 16.8. The van der Waals surface area contributed by atoms with Crippen molar-refractivity contribution in [3.8, 4) is 0 Å². The smallest absolute Gasteiger partial charge is 0.269 e. The lowest BCUT2D eigenvalue weighted by Gasteiger charge is -2.07. The van der Waals surface area contributed by atoms with E-state index in [9.17, 15) is 19.1 Å². The van der Waals surface area contributed by atoms with Gasteiger partial charge in [0.2, 0.25) is 0 Å². The van der Waals surface area contributed by atoms with Crippen LogP contribution in [0.15, 0.2) is 53.4 Å². The molecule has 120 valence electrons. The van der Waals surface area contributed by atoms with Crippen molar-refractivity contribution >= 4 is 22.4 Å². The van der Waals surface area contributed by atoms with E-state index in [0.717, 1.165) is 0 Å². The zero-order valence-electron chi connectivity index (χ0n) is 12.5. The highest BCUT2D eigenvalue weighted by molar-refractivity contribution is 7.85. The quantitative estimate of drug-likeness (QED) is 0.650. The van der Waals surface area contributed by atoms with E-state index in [1.165, 1.54) is 18.2 Å². The van der Waals surface area contributed by atoms with Crippen LogP contribution in [0.1, 0.15) is 15.9 Å². The number of nitrogens with zero attached hydrogens (tertiary/aromatic N) is 1. The van der Waals surface area contributed by atoms with Gasteiger partial charge in [0.25, 0.3) is 11.6 Å². The normalized spacial score (nSPS) is 11.7. The molecule has 7 heteroatoms. The van der Waals surface area contributed by atoms with Crippen LogP contribution in [0.4, 0.5) is 5.69 Å². The molecular weight excluding hydrogens is 316 g/mol. The fourth-order valence-corrected chi connectivity index (χ4v) is 3.04. The second-order valence-corrected chi connectivity index (χ2v) is 6.45. The number of nitro benzene ring substituents is 1. The number of benzene rings is 2. The summed E-state index contributed by atoms with van der Waals surface area (Å²) < 4.78 is 12.0. The third-order valence-electron chi connectivity index (χ3n) is 3.24. The average molecular weight is 332 g/mol. The molecule has 1 N–H and O–H groups in total. The lowest BCUT2D eigenvalue weighted by atomic mass is 10.1. The molecular formula is C16H16N2O4S. The maximum atomic E-state index is 12.1. The van der Waals surface area contributed by atoms with Gasteiger partial charge in [-0.25, -0.2) is 0 Å². The molecule has 2 rings (SSSR count). The Morgan fingerprint density at radius 1 is 1.22 bits per heavy atom. The van der Waals surface area contributed by atoms with E-state index in [1.807, 2.05) is 18.2 Å². The second kappa shape index (κ2) is 7.64. The summed E-state index contributed by atoms with van der Waals surface area (Å²) in [5.74, 6) is -0.0237. The van der Waals surface area contributed by atoms with Crippen LogP contribution in [-0.4, -0.2) is 27.3 Å². The van der Waals surface area contributed by atoms with Crippen molar-refractivity contribution in [2.24, 2.45) is 0 Å². The van der Waals surface area contributed by atoms with Gasteiger partial charge in [-0.3, -0.25) is 19.1 Å². The van der Waals surface area contributed by atoms with E-state index < -0.39 is 15.7 Å². The van der Waals surface area contributed by atoms with E-state index in [-0.39, 0.29) is 18.1 Å². The molecule has 23 heavy (non-hydrogen) atoms. The number of non-ortho nitro benzene ring substituents is 1. The topological polar surface area (TPSA) is 89.3 Å². The van der Waals surface area contributed by atoms with Gasteiger partial charge in [-0.05, 0) is 30.7 Å². The third-order valence-corrected chi connectivity index (χ3v) is 4.62. The van der Waals surface area contributed by atoms with Crippen molar-refractivity contribution < 1.29 is 13.9 Å². The SMILES string of the molecule is Cc1cc([N+](=O)[O-])ccc1C(=O)NCC[S@](=O)c1ccccc1. The number of nitrogens with one attached hydrogen (secondary N) is 1. The van der Waals surface area contributed by atoms with Crippen LogP contribution in [0, 0.1) is 17.0 Å². The van der Waals surface area contributed by atoms with Gasteiger partial charge in [-0.2, -0.15) is 0 Å². The summed E-state index contributed by atoms with van der Waals surface area (Å²) in [5, 5.41) is 13.4. The monoisotopic (exact) mass is 332 g/mol. The lowest BCUT2D eigenvalue weighted by Crippen LogP contribution is -2.28. The standard InChI is InChI=1S/C16H16N2O4S/c1-12-11-13(18(20)21)7-8-15(12)16(19)17-9-10-23(22)14-5-3-2-4-6-14/h2-8,11H,9-10H2,1H3,(H,17,19)/t23-/m0/s1. The summed E-state index contributed by atoms with van der Waals surface area (Å²) in [6.45, 7) is 1.90. The molecule has 0 aliphatic heterocycles. The second-order valence-electron chi connectivity index (χ2n) is 4.87. The minimum absolute atomic E-state index is 0.0516. The summed E-state index contributed by atoms with van der Waals surface area (Å²) in [4.78, 5) is 23.0. The molecule has 0 aliphatic rings. The van der Waals surface area contributed by atoms with Gasteiger partial charge in [-0.15, -0.1) is 0 Å². The highest BCUT2D eigenvalue weighted by Crippen LogP contribution is 2.17. The van der Waals surface area contributed by atoms with Gasteiger partial charge in [0, 0.05) is 34.9 Å². The van der Waals surface area contributed by atoms with Gasteiger partial charge in [0.05, 0.1) is 15.7 Å². The first-order valence-corrected chi connectivity index (χ1v) is 8.27. The summed E-state index contributed by atoms with van der Waals surface area (Å²) in [6, 6.07) is 13.1. The molecule has 0 saturated heterocycles. The molecule has 0 spiro atoms. The molecule has 0 fully saturated rings. The molecule has 0 heterocycles. The van der Waals surface area contributed by atoms with Crippen LogP contribution in [-0.2, 0) is 10.8 Å². The maximum absolute atomic E-state index is 12.1. The van der Waals surface area contributed by atoms with E-state index in [1.54, 1.807) is 19.1 Å². The molecule has 1 amide bonds. The first-order chi connectivity index (χ1) is 11.0. The average Bonchev–Trinajstić information content (AvgIpc) is 2.55. The van der Waals surface area contributed by atoms with Crippen LogP contribution < -0.4 is 5.32 Å². The van der Waals surface area contributed by atoms with Crippen LogP contribution in [0.3, 0.4) is 0 Å². The number of carbonyl (C=O) groups excluding carboxylic acids is 1. The summed E-state index contributed by atoms with van der Waals surface area (Å²) in [7, 11) is -1.18. The Bertz CT molecular complexity index is 747. The third kappa shape index (κ3) is 4.46. The summed E-state index contributed by atoms with van der Waals surface area (Å²) in [5.41, 5.74) is 0.853. The van der Waals surface area contributed by atoms with Gasteiger partial charge in [0.15, 0.2) is 0 Å². The molecule has 0 radical (unpaired) electrons. The molecule has 2 aromatic carbocycles. The van der Waals surface area contributed by atoms with Crippen LogP contribution in [0.2, 0.25) is 0 Å². The minimum Gasteiger partial charge on any atom is -0.351 e. The Morgan fingerprint density at radius 3 is 2.52 bits per heavy atom. The van der Waals surface area contributed by atoms with E-state index in [4.69, 9.17) is 0 Å². The molecule has 1 atom stereocenters. The summed E-state index contributed by atoms with van der Waals surface area (Å²) in [6.07, 6.45) is 0. The Morgan fingerprint density at radius 2 is 1.91 bits per heavy atom. The van der Waals surface area contributed by atoms with Crippen molar-refractivity contribution in [2.45, 2.75) is 11.8 Å². The summed E-state index contributed by atoms with van der Waals surface area (Å²) >= 11 is 0. The largest absolute Gasteiger partial charge is 0.351 e. The Kier molecular flexibility index (Phi) is 5.59. The zero-order valence-corrected chi connectivity index (χ0v) is 13.3. The molecule has 0 aromatic heterocycles. The van der Waals surface area contributed by atoms with Crippen molar-refractivity contribution in [3.63, 3.8) is 0 Å². The number of nitro groups is 1. The van der Waals surface area contributed by atoms with Crippen LogP contribution in [0.5, 0.6) is 0 Å². The highest BCUT2D eigenvalue weighted by Gasteiger charge is 2.13. The fraction of sp³-hybridized carbons (Fsp3) is 0.188. The Labute approximate surface area is 136 Å². The number of hydrogen-bond donors (Lipinski definition) is 1. The minimum atomic E-state index is -1.18. The van der Waals surface area contributed by atoms with Crippen molar-refractivity contribution in [3.05, 3.63) is 69.8 Å². The lowest BCUT2D eigenvalue weighted by molar-refractivity contribution is -0.384. The first kappa shape index (κ1) is 16.8. The number of amides is 1. The van der Waals surface area contributed by atoms with Crippen molar-refractivity contribution in [1.29, 1.82) is 0 Å². The fourth-order valence-electron chi connectivity index (χ4n) is 2.06. The number of aryl methyl sites for hydroxylation is 1. The molecule has 2 aromatic rings. The molecule has 6 nitrogen and oxygen atoms in total. The highest BCUT2D eigenvalue weighted by atomic mass is 32.2. The Hall–Kier alpha value is -2.54. The van der Waals surface area contributed by atoms with E-state index in [2.05, 4.69) is 5.32 Å². The first-order valence-electron chi connectivity index (χ1n) is 6.95. The van der Waals surface area contributed by atoms with Gasteiger partial charge in [-0.1, -0.05) is 18.2 Å². The molecule has 0 unspecified atom stereocenters. The van der Waals surface area contributed by atoms with Crippen LogP contribution in [0.25, 0.3) is 0 Å². The predicted octanol–water partition coefficient (Wildman–Crippen LogP) is 2.44. The molecule has 0 aliphatic carbocycles. The van der Waals surface area contributed by atoms with Crippen LogP contribution >= 0.6 is 0 Å². The van der Waals surface area contributed by atoms with Crippen molar-refractivity contribution in [1.82, 2.24) is 5.32 Å². The number of hydrogen-bond acceptors (Lipinski definition) is 4. The van der Waals surface area contributed by atoms with Crippen molar-refractivity contribution in [2.75, 3.05) is 12.3 Å². The van der Waals surface area contributed by atoms with Gasteiger partial charge < -0.3 is 5.32 Å². The predicted molar refractivity (Wildman–Crippen MR) is 87.9 cm³/mol. The number of rotatable bonds is 6. The number of carbonyl (C=O) groups is 1. The maximum Gasteiger partial charge on any atom is 0.269 e.